The van der Waals surface area contributed by atoms with Gasteiger partial charge in [0.15, 0.2) is 0 Å². The number of nitro benzene ring substituents is 1. The number of rotatable bonds is 3. The molecule has 20 heavy (non-hydrogen) atoms. The molecule has 0 saturated heterocycles. The monoisotopic (exact) mass is 356 g/mol. The van der Waals surface area contributed by atoms with Gasteiger partial charge in [-0.05, 0) is 6.07 Å². The number of nitrogens with one attached hydrogen (secondary N) is 1. The average molecular weight is 358 g/mol. The van der Waals surface area contributed by atoms with Crippen molar-refractivity contribution in [1.29, 1.82) is 0 Å². The van der Waals surface area contributed by atoms with Gasteiger partial charge in [0.25, 0.3) is 11.6 Å². The van der Waals surface area contributed by atoms with Crippen LogP contribution in [0.4, 0.5) is 11.5 Å². The number of nitrogens with zero attached hydrogens (tertiary/aromatic N) is 3. The molecule has 1 amide bonds. The number of anilines is 1. The Bertz CT molecular complexity index is 695. The van der Waals surface area contributed by atoms with Crippen molar-refractivity contribution in [3.05, 3.63) is 55.9 Å². The first-order valence-electron chi connectivity index (χ1n) is 5.19. The number of hydrogen-bond donors (Lipinski definition) is 1. The Morgan fingerprint density at radius 2 is 2.05 bits per heavy atom. The van der Waals surface area contributed by atoms with Gasteiger partial charge in [0.2, 0.25) is 0 Å². The predicted octanol–water partition coefficient (Wildman–Crippen LogP) is 3.05. The summed E-state index contributed by atoms with van der Waals surface area (Å²) in [5.41, 5.74) is -0.0638. The number of carbonyl (C=O) groups is 1. The van der Waals surface area contributed by atoms with Gasteiger partial charge in [-0.2, -0.15) is 0 Å². The van der Waals surface area contributed by atoms with Crippen molar-refractivity contribution in [2.75, 3.05) is 5.32 Å². The van der Waals surface area contributed by atoms with E-state index in [2.05, 4.69) is 31.2 Å². The number of hydrogen-bond acceptors (Lipinski definition) is 5. The highest BCUT2D eigenvalue weighted by atomic mass is 79.9. The largest absolute Gasteiger partial charge is 0.306 e. The molecule has 0 fully saturated rings. The van der Waals surface area contributed by atoms with E-state index in [4.69, 9.17) is 11.6 Å². The van der Waals surface area contributed by atoms with E-state index in [-0.39, 0.29) is 22.2 Å². The standard InChI is InChI=1S/C11H6BrClN4O3/c12-7-1-6(2-8(3-7)17(19)20)11(18)16-10-4-9(13)14-5-15-10/h1-5H,(H,14,15,16,18). The first-order chi connectivity index (χ1) is 9.45. The summed E-state index contributed by atoms with van der Waals surface area (Å²) in [6, 6.07) is 5.30. The van der Waals surface area contributed by atoms with Gasteiger partial charge in [-0.15, -0.1) is 0 Å². The lowest BCUT2D eigenvalue weighted by Gasteiger charge is -2.05. The maximum absolute atomic E-state index is 12.0. The highest BCUT2D eigenvalue weighted by molar-refractivity contribution is 9.10. The van der Waals surface area contributed by atoms with Gasteiger partial charge in [0, 0.05) is 28.2 Å². The van der Waals surface area contributed by atoms with Gasteiger partial charge in [-0.3, -0.25) is 14.9 Å². The molecule has 0 radical (unpaired) electrons. The molecule has 0 unspecified atom stereocenters. The zero-order chi connectivity index (χ0) is 14.7. The van der Waals surface area contributed by atoms with E-state index in [0.717, 1.165) is 0 Å². The molecule has 1 N–H and O–H groups in total. The van der Waals surface area contributed by atoms with Crippen molar-refractivity contribution < 1.29 is 9.72 Å². The van der Waals surface area contributed by atoms with Gasteiger partial charge in [-0.1, -0.05) is 27.5 Å². The fourth-order valence-corrected chi connectivity index (χ4v) is 2.03. The molecule has 0 aliphatic rings. The lowest BCUT2D eigenvalue weighted by atomic mass is 10.2. The van der Waals surface area contributed by atoms with Gasteiger partial charge in [-0.25, -0.2) is 9.97 Å². The summed E-state index contributed by atoms with van der Waals surface area (Å²) in [6.07, 6.45) is 1.20. The molecule has 0 spiro atoms. The van der Waals surface area contributed by atoms with E-state index in [1.807, 2.05) is 0 Å². The fourth-order valence-electron chi connectivity index (χ4n) is 1.40. The average Bonchev–Trinajstić information content (AvgIpc) is 2.37. The molecule has 2 aromatic rings. The summed E-state index contributed by atoms with van der Waals surface area (Å²) in [4.78, 5) is 29.6. The first-order valence-corrected chi connectivity index (χ1v) is 6.36. The minimum Gasteiger partial charge on any atom is -0.306 e. The quantitative estimate of drug-likeness (QED) is 0.517. The summed E-state index contributed by atoms with van der Waals surface area (Å²) in [5, 5.41) is 13.4. The third-order valence-electron chi connectivity index (χ3n) is 2.23. The highest BCUT2D eigenvalue weighted by Gasteiger charge is 2.14. The zero-order valence-corrected chi connectivity index (χ0v) is 12.1. The number of aromatic nitrogens is 2. The maximum Gasteiger partial charge on any atom is 0.271 e. The number of amides is 1. The normalized spacial score (nSPS) is 10.1. The van der Waals surface area contributed by atoms with Crippen LogP contribution in [-0.2, 0) is 0 Å². The van der Waals surface area contributed by atoms with Gasteiger partial charge >= 0.3 is 0 Å². The summed E-state index contributed by atoms with van der Waals surface area (Å²) in [6.45, 7) is 0. The lowest BCUT2D eigenvalue weighted by Crippen LogP contribution is -2.13. The van der Waals surface area contributed by atoms with Gasteiger partial charge < -0.3 is 5.32 Å². The Morgan fingerprint density at radius 1 is 1.30 bits per heavy atom. The molecule has 1 heterocycles. The van der Waals surface area contributed by atoms with Gasteiger partial charge in [0.1, 0.15) is 17.3 Å². The van der Waals surface area contributed by atoms with E-state index in [0.29, 0.717) is 4.47 Å². The van der Waals surface area contributed by atoms with E-state index in [1.165, 1.54) is 30.6 Å². The predicted molar refractivity (Wildman–Crippen MR) is 75.8 cm³/mol. The molecule has 0 aliphatic heterocycles. The molecule has 0 bridgehead atoms. The Kier molecular flexibility index (Phi) is 4.26. The van der Waals surface area contributed by atoms with E-state index in [1.54, 1.807) is 0 Å². The summed E-state index contributed by atoms with van der Waals surface area (Å²) < 4.78 is 0.428. The molecule has 102 valence electrons. The fraction of sp³-hybridized carbons (Fsp3) is 0. The van der Waals surface area contributed by atoms with E-state index < -0.39 is 10.8 Å². The molecular formula is C11H6BrClN4O3. The number of carbonyl (C=O) groups excluding carboxylic acids is 1. The molecular weight excluding hydrogens is 352 g/mol. The number of nitro groups is 1. The van der Waals surface area contributed by atoms with Crippen LogP contribution >= 0.6 is 27.5 Å². The van der Waals surface area contributed by atoms with Crippen LogP contribution in [0.5, 0.6) is 0 Å². The molecule has 1 aromatic heterocycles. The first kappa shape index (κ1) is 14.4. The van der Waals surface area contributed by atoms with Crippen LogP contribution in [0.25, 0.3) is 0 Å². The summed E-state index contributed by atoms with van der Waals surface area (Å²) in [5.74, 6) is -0.332. The molecule has 2 rings (SSSR count). The Morgan fingerprint density at radius 3 is 2.70 bits per heavy atom. The van der Waals surface area contributed by atoms with Crippen molar-refractivity contribution >= 4 is 44.9 Å². The van der Waals surface area contributed by atoms with Crippen LogP contribution in [0.2, 0.25) is 5.15 Å². The van der Waals surface area contributed by atoms with Crippen molar-refractivity contribution in [2.24, 2.45) is 0 Å². The van der Waals surface area contributed by atoms with Crippen molar-refractivity contribution in [3.8, 4) is 0 Å². The third kappa shape index (κ3) is 3.49. The van der Waals surface area contributed by atoms with E-state index in [9.17, 15) is 14.9 Å². The second-order valence-corrected chi connectivity index (χ2v) is 4.94. The van der Waals surface area contributed by atoms with Crippen molar-refractivity contribution in [3.63, 3.8) is 0 Å². The van der Waals surface area contributed by atoms with Crippen LogP contribution in [0.1, 0.15) is 10.4 Å². The number of halogens is 2. The number of benzene rings is 1. The minimum atomic E-state index is -0.580. The molecule has 9 heteroatoms. The molecule has 1 aromatic carbocycles. The molecule has 0 aliphatic carbocycles. The van der Waals surface area contributed by atoms with Crippen LogP contribution in [0, 0.1) is 10.1 Å². The summed E-state index contributed by atoms with van der Waals surface area (Å²) in [7, 11) is 0. The Labute approximate surface area is 126 Å². The third-order valence-corrected chi connectivity index (χ3v) is 2.90. The van der Waals surface area contributed by atoms with Crippen LogP contribution in [0.3, 0.4) is 0 Å². The molecule has 7 nitrogen and oxygen atoms in total. The topological polar surface area (TPSA) is 98.0 Å². The highest BCUT2D eigenvalue weighted by Crippen LogP contribution is 2.22. The molecule has 0 saturated carbocycles. The SMILES string of the molecule is O=C(Nc1cc(Cl)ncn1)c1cc(Br)cc([N+](=O)[O-])c1. The second-order valence-electron chi connectivity index (χ2n) is 3.64. The zero-order valence-electron chi connectivity index (χ0n) is 9.71. The number of non-ortho nitro benzene ring substituents is 1. The van der Waals surface area contributed by atoms with Gasteiger partial charge in [0.05, 0.1) is 4.92 Å². The van der Waals surface area contributed by atoms with Crippen molar-refractivity contribution in [1.82, 2.24) is 9.97 Å². The van der Waals surface area contributed by atoms with E-state index >= 15 is 0 Å². The van der Waals surface area contributed by atoms with Crippen LogP contribution in [-0.4, -0.2) is 20.8 Å². The van der Waals surface area contributed by atoms with Crippen LogP contribution in [0.15, 0.2) is 35.1 Å². The van der Waals surface area contributed by atoms with Crippen LogP contribution < -0.4 is 5.32 Å². The minimum absolute atomic E-state index is 0.126. The smallest absolute Gasteiger partial charge is 0.271 e. The molecule has 0 atom stereocenters. The lowest BCUT2D eigenvalue weighted by molar-refractivity contribution is -0.384. The summed E-state index contributed by atoms with van der Waals surface area (Å²) >= 11 is 8.78. The second kappa shape index (κ2) is 5.93. The maximum atomic E-state index is 12.0. The Balaban J connectivity index is 2.27. The Hall–Kier alpha value is -2.06. The van der Waals surface area contributed by atoms with Crippen molar-refractivity contribution in [2.45, 2.75) is 0 Å².